The second-order valence-electron chi connectivity index (χ2n) is 21.8. The van der Waals surface area contributed by atoms with Crippen LogP contribution in [0.4, 0.5) is 0 Å². The molecule has 69 heavy (non-hydrogen) atoms. The monoisotopic (exact) mass is 977 g/mol. The Morgan fingerprint density at radius 3 is 1.06 bits per heavy atom. The Labute approximate surface area is 431 Å². The largest absolute Gasteiger partial charge is 0.481 e. The van der Waals surface area contributed by atoms with Gasteiger partial charge >= 0.3 is 5.97 Å². The van der Waals surface area contributed by atoms with Crippen LogP contribution in [0.2, 0.25) is 0 Å². The molecular formula is C62H124N2O5. The summed E-state index contributed by atoms with van der Waals surface area (Å²) in [6.07, 6.45) is 54.7. The molecule has 4 atom stereocenters. The fourth-order valence-electron chi connectivity index (χ4n) is 10.4. The smallest absolute Gasteiger partial charge is 0.308 e. The van der Waals surface area contributed by atoms with Crippen LogP contribution in [0, 0.1) is 17.2 Å². The number of hydrogen-bond donors (Lipinski definition) is 3. The summed E-state index contributed by atoms with van der Waals surface area (Å²) in [7, 11) is 0. The van der Waals surface area contributed by atoms with Crippen LogP contribution in [0.15, 0.2) is 0 Å². The second kappa shape index (κ2) is 54.6. The Morgan fingerprint density at radius 2 is 0.681 bits per heavy atom. The zero-order valence-corrected chi connectivity index (χ0v) is 47.4. The second-order valence-corrected chi connectivity index (χ2v) is 21.8. The molecule has 0 radical (unpaired) electrons. The molecule has 4 unspecified atom stereocenters. The predicted molar refractivity (Wildman–Crippen MR) is 301 cm³/mol. The fraction of sp³-hybridized carbons (Fsp3) is 0.968. The van der Waals surface area contributed by atoms with E-state index in [1.807, 2.05) is 0 Å². The average Bonchev–Trinajstić information content (AvgIpc) is 3.35. The van der Waals surface area contributed by atoms with Crippen molar-refractivity contribution in [3.63, 3.8) is 0 Å². The molecule has 0 aromatic heterocycles. The molecule has 0 amide bonds. The minimum atomic E-state index is -0.515. The highest BCUT2D eigenvalue weighted by atomic mass is 16.5. The summed E-state index contributed by atoms with van der Waals surface area (Å²) in [5, 5.41) is 31.0. The molecule has 0 saturated heterocycles. The normalized spacial score (nSPS) is 13.5. The van der Waals surface area contributed by atoms with Gasteiger partial charge in [0.1, 0.15) is 0 Å². The third kappa shape index (κ3) is 44.1. The summed E-state index contributed by atoms with van der Waals surface area (Å²) >= 11 is 0. The van der Waals surface area contributed by atoms with Crippen molar-refractivity contribution in [2.45, 2.75) is 342 Å². The number of carbonyl (C=O) groups is 1. The molecule has 0 rings (SSSR count). The first kappa shape index (κ1) is 67.8. The summed E-state index contributed by atoms with van der Waals surface area (Å²) in [5.74, 6) is 0.889. The van der Waals surface area contributed by atoms with E-state index in [-0.39, 0.29) is 30.5 Å². The van der Waals surface area contributed by atoms with Crippen molar-refractivity contribution >= 4 is 11.9 Å². The van der Waals surface area contributed by atoms with Crippen LogP contribution in [0.5, 0.6) is 0 Å². The van der Waals surface area contributed by atoms with Gasteiger partial charge in [-0.3, -0.25) is 15.1 Å². The molecule has 0 aliphatic carbocycles. The number of esters is 1. The van der Waals surface area contributed by atoms with Crippen molar-refractivity contribution in [3.05, 3.63) is 0 Å². The molecule has 0 fully saturated rings. The maximum atomic E-state index is 13.2. The van der Waals surface area contributed by atoms with Crippen molar-refractivity contribution in [1.82, 2.24) is 4.90 Å². The molecule has 0 spiro atoms. The third-order valence-electron chi connectivity index (χ3n) is 15.2. The van der Waals surface area contributed by atoms with Gasteiger partial charge in [0.05, 0.1) is 37.9 Å². The lowest BCUT2D eigenvalue weighted by atomic mass is 9.94. The highest BCUT2D eigenvalue weighted by Gasteiger charge is 2.25. The number of nitrogens with zero attached hydrogens (tertiary/aromatic N) is 1. The molecule has 0 heterocycles. The number of rotatable bonds is 57. The SMILES string of the molecule is CCCCCCCCCCCCCCCC(O)C(CO)N(CCCCCCOC(=N)C(CCCCCC)CCCCCCCC)CCCCCCOC(=O)C(CCCCCC)CCCCCCCC. The topological polar surface area (TPSA) is 103 Å². The van der Waals surface area contributed by atoms with E-state index in [0.717, 1.165) is 122 Å². The van der Waals surface area contributed by atoms with Gasteiger partial charge < -0.3 is 19.7 Å². The number of unbranched alkanes of at least 4 members (excludes halogenated alkanes) is 34. The fourth-order valence-corrected chi connectivity index (χ4v) is 10.4. The molecule has 7 heteroatoms. The van der Waals surface area contributed by atoms with Crippen molar-refractivity contribution in [1.29, 1.82) is 5.41 Å². The quantitative estimate of drug-likeness (QED) is 0.0243. The number of carbonyl (C=O) groups excluding carboxylic acids is 1. The van der Waals surface area contributed by atoms with Gasteiger partial charge in [-0.15, -0.1) is 0 Å². The molecule has 0 aliphatic heterocycles. The van der Waals surface area contributed by atoms with E-state index in [1.54, 1.807) is 0 Å². The summed E-state index contributed by atoms with van der Waals surface area (Å²) in [4.78, 5) is 15.6. The van der Waals surface area contributed by atoms with E-state index in [2.05, 4.69) is 39.5 Å². The van der Waals surface area contributed by atoms with Crippen molar-refractivity contribution in [2.75, 3.05) is 32.9 Å². The van der Waals surface area contributed by atoms with E-state index in [4.69, 9.17) is 14.9 Å². The van der Waals surface area contributed by atoms with Crippen LogP contribution in [0.3, 0.4) is 0 Å². The Kier molecular flexibility index (Phi) is 53.7. The van der Waals surface area contributed by atoms with Crippen molar-refractivity contribution in [3.8, 4) is 0 Å². The van der Waals surface area contributed by atoms with E-state index >= 15 is 0 Å². The van der Waals surface area contributed by atoms with E-state index in [1.165, 1.54) is 186 Å². The third-order valence-corrected chi connectivity index (χ3v) is 15.2. The Balaban J connectivity index is 5.04. The number of aliphatic hydroxyl groups is 2. The maximum absolute atomic E-state index is 13.2. The Bertz CT molecular complexity index is 984. The van der Waals surface area contributed by atoms with Gasteiger partial charge in [0.15, 0.2) is 5.90 Å². The summed E-state index contributed by atoms with van der Waals surface area (Å²) in [6, 6.07) is -0.228. The van der Waals surface area contributed by atoms with Crippen LogP contribution in [-0.4, -0.2) is 72.0 Å². The lowest BCUT2D eigenvalue weighted by molar-refractivity contribution is -0.149. The van der Waals surface area contributed by atoms with Crippen molar-refractivity contribution in [2.24, 2.45) is 11.8 Å². The standard InChI is InChI=1S/C62H124N2O5/c1-6-11-16-21-24-25-26-27-28-29-30-33-42-51-60(66)59(56-65)64(52-43-34-36-45-54-68-61(63)57(47-38-19-14-9-4)48-40-31-22-17-12-7-2)53-44-35-37-46-55-69-62(67)58(49-39-20-15-10-5)50-41-32-23-18-13-8-3/h57-60,63,65-66H,6-56H2,1-5H3. The van der Waals surface area contributed by atoms with Gasteiger partial charge in [-0.2, -0.15) is 0 Å². The van der Waals surface area contributed by atoms with Gasteiger partial charge in [-0.1, -0.05) is 272 Å². The van der Waals surface area contributed by atoms with Gasteiger partial charge in [0, 0.05) is 5.92 Å². The van der Waals surface area contributed by atoms with Crippen LogP contribution >= 0.6 is 0 Å². The van der Waals surface area contributed by atoms with Crippen LogP contribution in [0.1, 0.15) is 330 Å². The van der Waals surface area contributed by atoms with Gasteiger partial charge in [-0.25, -0.2) is 0 Å². The zero-order valence-electron chi connectivity index (χ0n) is 47.4. The number of ether oxygens (including phenoxy) is 2. The Hall–Kier alpha value is -1.18. The molecule has 412 valence electrons. The van der Waals surface area contributed by atoms with E-state index in [0.29, 0.717) is 19.1 Å². The molecule has 0 aromatic carbocycles. The molecule has 7 nitrogen and oxygen atoms in total. The highest BCUT2D eigenvalue weighted by molar-refractivity contribution is 5.75. The summed E-state index contributed by atoms with van der Waals surface area (Å²) < 4.78 is 12.0. The number of nitrogens with one attached hydrogen (secondary N) is 1. The first-order valence-electron chi connectivity index (χ1n) is 31.3. The maximum Gasteiger partial charge on any atom is 0.308 e. The summed E-state index contributed by atoms with van der Waals surface area (Å²) in [5.41, 5.74) is 0. The van der Waals surface area contributed by atoms with Crippen LogP contribution < -0.4 is 0 Å². The summed E-state index contributed by atoms with van der Waals surface area (Å²) in [6.45, 7) is 14.2. The number of aliphatic hydroxyl groups excluding tert-OH is 2. The molecule has 0 aliphatic rings. The van der Waals surface area contributed by atoms with Gasteiger partial charge in [-0.05, 0) is 70.9 Å². The first-order chi connectivity index (χ1) is 33.9. The molecule has 0 saturated carbocycles. The molecular weight excluding hydrogens is 853 g/mol. The van der Waals surface area contributed by atoms with E-state index in [9.17, 15) is 15.0 Å². The van der Waals surface area contributed by atoms with Crippen molar-refractivity contribution < 1.29 is 24.5 Å². The lowest BCUT2D eigenvalue weighted by Gasteiger charge is -2.34. The zero-order chi connectivity index (χ0) is 50.5. The van der Waals surface area contributed by atoms with Crippen LogP contribution in [0.25, 0.3) is 0 Å². The molecule has 3 N–H and O–H groups in total. The van der Waals surface area contributed by atoms with Gasteiger partial charge in [0.2, 0.25) is 0 Å². The predicted octanol–water partition coefficient (Wildman–Crippen LogP) is 18.8. The lowest BCUT2D eigenvalue weighted by Crippen LogP contribution is -2.47. The minimum Gasteiger partial charge on any atom is -0.481 e. The average molecular weight is 978 g/mol. The molecule has 0 aromatic rings. The number of hydrogen-bond acceptors (Lipinski definition) is 7. The first-order valence-corrected chi connectivity index (χ1v) is 31.3. The van der Waals surface area contributed by atoms with E-state index < -0.39 is 6.10 Å². The Morgan fingerprint density at radius 1 is 0.391 bits per heavy atom. The molecule has 0 bridgehead atoms. The van der Waals surface area contributed by atoms with Gasteiger partial charge in [0.25, 0.3) is 0 Å². The minimum absolute atomic E-state index is 0.0117. The highest BCUT2D eigenvalue weighted by Crippen LogP contribution is 2.23. The van der Waals surface area contributed by atoms with Crippen LogP contribution in [-0.2, 0) is 14.3 Å².